The Morgan fingerprint density at radius 2 is 2.20 bits per heavy atom. The van der Waals surface area contributed by atoms with E-state index in [0.29, 0.717) is 6.42 Å². The lowest BCUT2D eigenvalue weighted by atomic mass is 10.0. The molecule has 0 aliphatic carbocycles. The Hall–Kier alpha value is -1.25. The monoisotopic (exact) mass is 207 g/mol. The lowest BCUT2D eigenvalue weighted by molar-refractivity contribution is -0.131. The van der Waals surface area contributed by atoms with Gasteiger partial charge in [-0.25, -0.2) is 0 Å². The number of hydrogen-bond donors (Lipinski definition) is 0. The van der Waals surface area contributed by atoms with E-state index in [-0.39, 0.29) is 11.5 Å². The standard InChI is InChI=1S/C12H17NO2/c1-12(2)9-10(6-8-15-12)13-7-4-3-5-11(13)14/h6,8-9H,3-5,7H2,1-2H3. The van der Waals surface area contributed by atoms with Crippen LogP contribution >= 0.6 is 0 Å². The molecule has 0 radical (unpaired) electrons. The lowest BCUT2D eigenvalue weighted by Crippen LogP contribution is -2.36. The van der Waals surface area contributed by atoms with Crippen molar-refractivity contribution in [3.63, 3.8) is 0 Å². The largest absolute Gasteiger partial charge is 0.491 e. The minimum absolute atomic E-state index is 0.231. The van der Waals surface area contributed by atoms with Gasteiger partial charge in [-0.05, 0) is 38.8 Å². The molecule has 2 rings (SSSR count). The maximum absolute atomic E-state index is 11.7. The number of rotatable bonds is 1. The van der Waals surface area contributed by atoms with Gasteiger partial charge in [-0.3, -0.25) is 4.79 Å². The van der Waals surface area contributed by atoms with Crippen LogP contribution in [0.4, 0.5) is 0 Å². The minimum atomic E-state index is -0.304. The van der Waals surface area contributed by atoms with Crippen molar-refractivity contribution in [2.24, 2.45) is 0 Å². The fourth-order valence-corrected chi connectivity index (χ4v) is 1.96. The van der Waals surface area contributed by atoms with Crippen LogP contribution in [0.2, 0.25) is 0 Å². The first-order valence-electron chi connectivity index (χ1n) is 5.46. The van der Waals surface area contributed by atoms with Crippen molar-refractivity contribution < 1.29 is 9.53 Å². The maximum Gasteiger partial charge on any atom is 0.226 e. The van der Waals surface area contributed by atoms with Gasteiger partial charge < -0.3 is 9.64 Å². The lowest BCUT2D eigenvalue weighted by Gasteiger charge is -2.32. The predicted octanol–water partition coefficient (Wildman–Crippen LogP) is 2.21. The second-order valence-corrected chi connectivity index (χ2v) is 4.60. The molecule has 0 N–H and O–H groups in total. The number of ether oxygens (including phenoxy) is 1. The van der Waals surface area contributed by atoms with Crippen molar-refractivity contribution in [1.82, 2.24) is 4.90 Å². The van der Waals surface area contributed by atoms with E-state index in [2.05, 4.69) is 0 Å². The zero-order valence-electron chi connectivity index (χ0n) is 9.32. The Bertz CT molecular complexity index is 329. The summed E-state index contributed by atoms with van der Waals surface area (Å²) in [6.07, 6.45) is 8.35. The highest BCUT2D eigenvalue weighted by Gasteiger charge is 2.25. The summed E-state index contributed by atoms with van der Waals surface area (Å²) in [5.41, 5.74) is 0.679. The summed E-state index contributed by atoms with van der Waals surface area (Å²) in [5.74, 6) is 0.231. The predicted molar refractivity (Wildman–Crippen MR) is 58.0 cm³/mol. The first-order valence-corrected chi connectivity index (χ1v) is 5.46. The molecule has 0 saturated carbocycles. The van der Waals surface area contributed by atoms with Gasteiger partial charge in [0.05, 0.1) is 6.26 Å². The number of carbonyl (C=O) groups is 1. The highest BCUT2D eigenvalue weighted by molar-refractivity contribution is 5.79. The molecule has 0 atom stereocenters. The van der Waals surface area contributed by atoms with Crippen molar-refractivity contribution in [1.29, 1.82) is 0 Å². The molecule has 0 aromatic rings. The first-order chi connectivity index (χ1) is 7.08. The van der Waals surface area contributed by atoms with Gasteiger partial charge in [0.15, 0.2) is 0 Å². The van der Waals surface area contributed by atoms with E-state index in [4.69, 9.17) is 4.74 Å². The number of hydrogen-bond acceptors (Lipinski definition) is 2. The number of likely N-dealkylation sites (tertiary alicyclic amines) is 1. The van der Waals surface area contributed by atoms with Crippen LogP contribution in [0.15, 0.2) is 24.1 Å². The number of nitrogens with zero attached hydrogens (tertiary/aromatic N) is 1. The van der Waals surface area contributed by atoms with E-state index in [9.17, 15) is 4.79 Å². The van der Waals surface area contributed by atoms with Gasteiger partial charge in [-0.15, -0.1) is 0 Å². The second-order valence-electron chi connectivity index (χ2n) is 4.60. The maximum atomic E-state index is 11.7. The fraction of sp³-hybridized carbons (Fsp3) is 0.583. The molecule has 3 nitrogen and oxygen atoms in total. The summed E-state index contributed by atoms with van der Waals surface area (Å²) in [5, 5.41) is 0. The highest BCUT2D eigenvalue weighted by Crippen LogP contribution is 2.25. The Kier molecular flexibility index (Phi) is 2.55. The smallest absolute Gasteiger partial charge is 0.226 e. The van der Waals surface area contributed by atoms with E-state index in [0.717, 1.165) is 25.1 Å². The molecule has 0 spiro atoms. The fourth-order valence-electron chi connectivity index (χ4n) is 1.96. The van der Waals surface area contributed by atoms with Gasteiger partial charge in [0.2, 0.25) is 5.91 Å². The molecule has 82 valence electrons. The van der Waals surface area contributed by atoms with Crippen molar-refractivity contribution >= 4 is 5.91 Å². The molecule has 1 saturated heterocycles. The van der Waals surface area contributed by atoms with Gasteiger partial charge in [0.25, 0.3) is 0 Å². The van der Waals surface area contributed by atoms with E-state index < -0.39 is 0 Å². The average molecular weight is 207 g/mol. The molecule has 0 aromatic carbocycles. The van der Waals surface area contributed by atoms with Crippen LogP contribution in [-0.4, -0.2) is 23.0 Å². The number of carbonyl (C=O) groups excluding carboxylic acids is 1. The average Bonchev–Trinajstić information content (AvgIpc) is 2.17. The zero-order valence-corrected chi connectivity index (χ0v) is 9.32. The molecule has 15 heavy (non-hydrogen) atoms. The molecule has 0 unspecified atom stereocenters. The zero-order chi connectivity index (χ0) is 10.9. The summed E-state index contributed by atoms with van der Waals surface area (Å²) < 4.78 is 5.43. The normalized spacial score (nSPS) is 24.8. The van der Waals surface area contributed by atoms with Crippen LogP contribution in [0.5, 0.6) is 0 Å². The van der Waals surface area contributed by atoms with Gasteiger partial charge in [0.1, 0.15) is 5.60 Å². The quantitative estimate of drug-likeness (QED) is 0.659. The Labute approximate surface area is 90.4 Å². The first kappa shape index (κ1) is 10.3. The molecular formula is C12H17NO2. The molecule has 2 aliphatic heterocycles. The number of allylic oxidation sites excluding steroid dienone is 1. The van der Waals surface area contributed by atoms with Gasteiger partial charge in [0, 0.05) is 18.7 Å². The van der Waals surface area contributed by atoms with Crippen LogP contribution in [0.25, 0.3) is 0 Å². The third kappa shape index (κ3) is 2.22. The van der Waals surface area contributed by atoms with Crippen LogP contribution in [0, 0.1) is 0 Å². The molecule has 2 heterocycles. The summed E-state index contributed by atoms with van der Waals surface area (Å²) in [6.45, 7) is 4.82. The van der Waals surface area contributed by atoms with E-state index >= 15 is 0 Å². The molecule has 1 amide bonds. The van der Waals surface area contributed by atoms with Gasteiger partial charge in [-0.2, -0.15) is 0 Å². The van der Waals surface area contributed by atoms with Crippen molar-refractivity contribution in [3.8, 4) is 0 Å². The molecule has 0 bridgehead atoms. The van der Waals surface area contributed by atoms with Gasteiger partial charge >= 0.3 is 0 Å². The van der Waals surface area contributed by atoms with Crippen molar-refractivity contribution in [2.45, 2.75) is 38.7 Å². The summed E-state index contributed by atoms with van der Waals surface area (Å²) in [7, 11) is 0. The highest BCUT2D eigenvalue weighted by atomic mass is 16.5. The second kappa shape index (κ2) is 3.72. The van der Waals surface area contributed by atoms with Gasteiger partial charge in [-0.1, -0.05) is 0 Å². The summed E-state index contributed by atoms with van der Waals surface area (Å²) >= 11 is 0. The van der Waals surface area contributed by atoms with E-state index in [1.807, 2.05) is 30.9 Å². The third-order valence-corrected chi connectivity index (χ3v) is 2.74. The Morgan fingerprint density at radius 1 is 1.40 bits per heavy atom. The summed E-state index contributed by atoms with van der Waals surface area (Å²) in [4.78, 5) is 13.6. The third-order valence-electron chi connectivity index (χ3n) is 2.74. The van der Waals surface area contributed by atoms with E-state index in [1.54, 1.807) is 6.26 Å². The molecule has 2 aliphatic rings. The van der Waals surface area contributed by atoms with Crippen LogP contribution in [0.3, 0.4) is 0 Å². The number of amides is 1. The molecule has 0 aromatic heterocycles. The van der Waals surface area contributed by atoms with Crippen LogP contribution < -0.4 is 0 Å². The topological polar surface area (TPSA) is 29.5 Å². The molecule has 1 fully saturated rings. The SMILES string of the molecule is CC1(C)C=C(N2CCCCC2=O)C=CO1. The minimum Gasteiger partial charge on any atom is -0.491 e. The van der Waals surface area contributed by atoms with Crippen molar-refractivity contribution in [2.75, 3.05) is 6.54 Å². The summed E-state index contributed by atoms with van der Waals surface area (Å²) in [6, 6.07) is 0. The van der Waals surface area contributed by atoms with Crippen LogP contribution in [0.1, 0.15) is 33.1 Å². The Balaban J connectivity index is 2.19. The van der Waals surface area contributed by atoms with E-state index in [1.165, 1.54) is 0 Å². The Morgan fingerprint density at radius 3 is 2.87 bits per heavy atom. The van der Waals surface area contributed by atoms with Crippen molar-refractivity contribution in [3.05, 3.63) is 24.1 Å². The van der Waals surface area contributed by atoms with Crippen LogP contribution in [-0.2, 0) is 9.53 Å². The molecule has 3 heteroatoms. The molecular weight excluding hydrogens is 190 g/mol. The number of piperidine rings is 1.